The summed E-state index contributed by atoms with van der Waals surface area (Å²) in [5, 5.41) is 14.9. The minimum atomic E-state index is -0.422. The first-order valence-electron chi connectivity index (χ1n) is 10.7. The van der Waals surface area contributed by atoms with E-state index in [9.17, 15) is 5.11 Å². The molecule has 2 N–H and O–H groups in total. The summed E-state index contributed by atoms with van der Waals surface area (Å²) in [4.78, 5) is 13.3. The van der Waals surface area contributed by atoms with Crippen molar-refractivity contribution in [2.24, 2.45) is 0 Å². The summed E-state index contributed by atoms with van der Waals surface area (Å²) in [6.45, 7) is 3.32. The van der Waals surface area contributed by atoms with Crippen LogP contribution in [0.4, 0.5) is 17.3 Å². The van der Waals surface area contributed by atoms with Crippen molar-refractivity contribution in [2.45, 2.75) is 31.5 Å². The molecule has 7 heteroatoms. The van der Waals surface area contributed by atoms with E-state index in [4.69, 9.17) is 11.6 Å². The lowest BCUT2D eigenvalue weighted by Crippen LogP contribution is -2.55. The summed E-state index contributed by atoms with van der Waals surface area (Å²) < 4.78 is 0. The summed E-state index contributed by atoms with van der Waals surface area (Å²) in [5.41, 5.74) is 3.62. The third-order valence-electron chi connectivity index (χ3n) is 6.29. The van der Waals surface area contributed by atoms with Gasteiger partial charge in [0.15, 0.2) is 0 Å². The van der Waals surface area contributed by atoms with Gasteiger partial charge >= 0.3 is 0 Å². The number of benzene rings is 2. The SMILES string of the molecule is O[C@@H]1CN(c2cc(Nc3ccccc3Cl)ncn2)CC[C@H]1N1CCc2ccccc2C1. The Morgan fingerprint density at radius 3 is 2.65 bits per heavy atom. The molecule has 0 bridgehead atoms. The maximum atomic E-state index is 11.0. The minimum Gasteiger partial charge on any atom is -0.390 e. The molecule has 2 atom stereocenters. The van der Waals surface area contributed by atoms with Gasteiger partial charge in [-0.25, -0.2) is 9.97 Å². The molecule has 6 nitrogen and oxygen atoms in total. The Labute approximate surface area is 187 Å². The molecule has 0 saturated carbocycles. The molecule has 0 unspecified atom stereocenters. The average molecular weight is 436 g/mol. The highest BCUT2D eigenvalue weighted by atomic mass is 35.5. The topological polar surface area (TPSA) is 64.5 Å². The summed E-state index contributed by atoms with van der Waals surface area (Å²) in [6.07, 6.45) is 3.08. The average Bonchev–Trinajstić information content (AvgIpc) is 2.80. The van der Waals surface area contributed by atoms with Gasteiger partial charge < -0.3 is 15.3 Å². The van der Waals surface area contributed by atoms with Gasteiger partial charge in [0.1, 0.15) is 18.0 Å². The summed E-state index contributed by atoms with van der Waals surface area (Å²) in [7, 11) is 0. The Morgan fingerprint density at radius 1 is 1.00 bits per heavy atom. The molecule has 1 aromatic heterocycles. The lowest BCUT2D eigenvalue weighted by atomic mass is 9.94. The van der Waals surface area contributed by atoms with Crippen molar-refractivity contribution in [2.75, 3.05) is 29.9 Å². The molecule has 0 radical (unpaired) electrons. The molecule has 2 aliphatic rings. The van der Waals surface area contributed by atoms with Crippen molar-refractivity contribution >= 4 is 28.9 Å². The van der Waals surface area contributed by atoms with Gasteiger partial charge in [0.25, 0.3) is 0 Å². The Hall–Kier alpha value is -2.67. The third-order valence-corrected chi connectivity index (χ3v) is 6.62. The highest BCUT2D eigenvalue weighted by molar-refractivity contribution is 6.33. The van der Waals surface area contributed by atoms with Crippen molar-refractivity contribution in [3.8, 4) is 0 Å². The van der Waals surface area contributed by atoms with E-state index < -0.39 is 6.10 Å². The molecular weight excluding hydrogens is 410 g/mol. The molecule has 1 saturated heterocycles. The van der Waals surface area contributed by atoms with Gasteiger partial charge in [-0.2, -0.15) is 0 Å². The molecule has 2 aromatic carbocycles. The highest BCUT2D eigenvalue weighted by Gasteiger charge is 2.34. The molecule has 0 aliphatic carbocycles. The van der Waals surface area contributed by atoms with Crippen LogP contribution in [0.3, 0.4) is 0 Å². The number of nitrogens with zero attached hydrogens (tertiary/aromatic N) is 4. The molecule has 0 spiro atoms. The van der Waals surface area contributed by atoms with Crippen LogP contribution >= 0.6 is 11.6 Å². The lowest BCUT2D eigenvalue weighted by Gasteiger charge is -2.43. The zero-order valence-corrected chi connectivity index (χ0v) is 18.0. The number of hydrogen-bond donors (Lipinski definition) is 2. The predicted octanol–water partition coefficient (Wildman–Crippen LogP) is 3.87. The number of piperidine rings is 1. The summed E-state index contributed by atoms with van der Waals surface area (Å²) >= 11 is 6.25. The van der Waals surface area contributed by atoms with Crippen LogP contribution in [0.15, 0.2) is 60.9 Å². The monoisotopic (exact) mass is 435 g/mol. The molecule has 3 heterocycles. The predicted molar refractivity (Wildman–Crippen MR) is 124 cm³/mol. The second kappa shape index (κ2) is 8.83. The fourth-order valence-electron chi connectivity index (χ4n) is 4.64. The van der Waals surface area contributed by atoms with Crippen LogP contribution in [0.1, 0.15) is 17.5 Å². The number of aliphatic hydroxyl groups is 1. The fourth-order valence-corrected chi connectivity index (χ4v) is 4.83. The fraction of sp³-hybridized carbons (Fsp3) is 0.333. The number of hydrogen-bond acceptors (Lipinski definition) is 6. The number of halogens is 1. The second-order valence-corrected chi connectivity index (χ2v) is 8.63. The van der Waals surface area contributed by atoms with Crippen molar-refractivity contribution < 1.29 is 5.11 Å². The third kappa shape index (κ3) is 4.37. The van der Waals surface area contributed by atoms with Crippen LogP contribution in [0.5, 0.6) is 0 Å². The van der Waals surface area contributed by atoms with E-state index in [2.05, 4.69) is 49.4 Å². The van der Waals surface area contributed by atoms with Crippen LogP contribution in [0.2, 0.25) is 5.02 Å². The molecule has 5 rings (SSSR count). The standard InChI is InChI=1S/C24H26ClN5O/c25-19-7-3-4-8-20(19)28-23-13-24(27-16-26-23)30-12-10-21(22(31)15-30)29-11-9-17-5-1-2-6-18(17)14-29/h1-8,13,16,21-22,31H,9-12,14-15H2,(H,26,27,28)/t21-,22-/m1/s1. The smallest absolute Gasteiger partial charge is 0.135 e. The Kier molecular flexibility index (Phi) is 5.76. The van der Waals surface area contributed by atoms with Crippen molar-refractivity contribution in [3.63, 3.8) is 0 Å². The van der Waals surface area contributed by atoms with Crippen molar-refractivity contribution in [3.05, 3.63) is 77.1 Å². The zero-order chi connectivity index (χ0) is 21.2. The van der Waals surface area contributed by atoms with Gasteiger partial charge in [-0.3, -0.25) is 4.90 Å². The Bertz CT molecular complexity index is 1060. The maximum absolute atomic E-state index is 11.0. The molecule has 1 fully saturated rings. The number of aliphatic hydroxyl groups excluding tert-OH is 1. The van der Waals surface area contributed by atoms with E-state index in [-0.39, 0.29) is 6.04 Å². The molecule has 2 aliphatic heterocycles. The highest BCUT2D eigenvalue weighted by Crippen LogP contribution is 2.28. The quantitative estimate of drug-likeness (QED) is 0.648. The number of β-amino-alcohol motifs (C(OH)–C–C–N with tert-alkyl or cyclic N) is 1. The molecule has 0 amide bonds. The van der Waals surface area contributed by atoms with Gasteiger partial charge in [-0.05, 0) is 36.1 Å². The van der Waals surface area contributed by atoms with E-state index >= 15 is 0 Å². The van der Waals surface area contributed by atoms with Crippen molar-refractivity contribution in [1.82, 2.24) is 14.9 Å². The summed E-state index contributed by atoms with van der Waals surface area (Å²) in [5.74, 6) is 1.49. The van der Waals surface area contributed by atoms with Crippen LogP contribution in [0, 0.1) is 0 Å². The van der Waals surface area contributed by atoms with Gasteiger partial charge in [0.05, 0.1) is 16.8 Å². The first-order chi connectivity index (χ1) is 15.2. The van der Waals surface area contributed by atoms with E-state index in [1.807, 2.05) is 30.3 Å². The minimum absolute atomic E-state index is 0.173. The van der Waals surface area contributed by atoms with Crippen LogP contribution in [-0.4, -0.2) is 51.8 Å². The normalized spacial score (nSPS) is 21.5. The van der Waals surface area contributed by atoms with Crippen molar-refractivity contribution in [1.29, 1.82) is 0 Å². The molecule has 3 aromatic rings. The number of rotatable bonds is 4. The van der Waals surface area contributed by atoms with Crippen LogP contribution in [-0.2, 0) is 13.0 Å². The first-order valence-corrected chi connectivity index (χ1v) is 11.1. The lowest BCUT2D eigenvalue weighted by molar-refractivity contribution is 0.0293. The van der Waals surface area contributed by atoms with E-state index in [0.717, 1.165) is 44.0 Å². The zero-order valence-electron chi connectivity index (χ0n) is 17.3. The number of nitrogens with one attached hydrogen (secondary N) is 1. The molecule has 31 heavy (non-hydrogen) atoms. The van der Waals surface area contributed by atoms with Gasteiger partial charge in [-0.1, -0.05) is 48.0 Å². The summed E-state index contributed by atoms with van der Waals surface area (Å²) in [6, 6.07) is 18.3. The molecule has 160 valence electrons. The maximum Gasteiger partial charge on any atom is 0.135 e. The second-order valence-electron chi connectivity index (χ2n) is 8.22. The Morgan fingerprint density at radius 2 is 1.81 bits per heavy atom. The number of aromatic nitrogens is 2. The number of para-hydroxylation sites is 1. The van der Waals surface area contributed by atoms with E-state index in [1.165, 1.54) is 11.1 Å². The van der Waals surface area contributed by atoms with Crippen LogP contribution < -0.4 is 10.2 Å². The first kappa shape index (κ1) is 20.2. The van der Waals surface area contributed by atoms with Gasteiger partial charge in [0, 0.05) is 38.3 Å². The van der Waals surface area contributed by atoms with Crippen LogP contribution in [0.25, 0.3) is 0 Å². The van der Waals surface area contributed by atoms with Gasteiger partial charge in [-0.15, -0.1) is 0 Å². The largest absolute Gasteiger partial charge is 0.390 e. The number of anilines is 3. The number of fused-ring (bicyclic) bond motifs is 1. The van der Waals surface area contributed by atoms with E-state index in [0.29, 0.717) is 17.4 Å². The molecular formula is C24H26ClN5O. The van der Waals surface area contributed by atoms with E-state index in [1.54, 1.807) is 6.33 Å². The van der Waals surface area contributed by atoms with Gasteiger partial charge in [0.2, 0.25) is 0 Å². The Balaban J connectivity index is 1.25.